The Balaban J connectivity index is 1.72. The maximum Gasteiger partial charge on any atom is 0.251 e. The highest BCUT2D eigenvalue weighted by Gasteiger charge is 2.23. The van der Waals surface area contributed by atoms with Crippen LogP contribution in [-0.2, 0) is 6.54 Å². The van der Waals surface area contributed by atoms with Gasteiger partial charge in [-0.1, -0.05) is 0 Å². The van der Waals surface area contributed by atoms with Crippen molar-refractivity contribution in [3.05, 3.63) is 46.2 Å². The lowest BCUT2D eigenvalue weighted by Gasteiger charge is -2.31. The zero-order chi connectivity index (χ0) is 13.9. The van der Waals surface area contributed by atoms with Gasteiger partial charge in [0, 0.05) is 30.9 Å². The van der Waals surface area contributed by atoms with Crippen LogP contribution in [0.15, 0.2) is 23.3 Å². The molecule has 6 nitrogen and oxygen atoms in total. The van der Waals surface area contributed by atoms with Crippen LogP contribution < -0.4 is 5.56 Å². The number of rotatable bonds is 3. The Morgan fingerprint density at radius 3 is 3.15 bits per heavy atom. The average molecular weight is 273 g/mol. The number of aryl methyl sites for hydroxylation is 1. The van der Waals surface area contributed by atoms with Crippen LogP contribution in [0.25, 0.3) is 0 Å². The predicted octanol–water partition coefficient (Wildman–Crippen LogP) is 1.18. The van der Waals surface area contributed by atoms with Gasteiger partial charge in [-0.3, -0.25) is 9.69 Å². The van der Waals surface area contributed by atoms with Gasteiger partial charge in [-0.2, -0.15) is 0 Å². The Morgan fingerprint density at radius 2 is 2.40 bits per heavy atom. The summed E-state index contributed by atoms with van der Waals surface area (Å²) in [5.74, 6) is 2.01. The number of nitrogens with one attached hydrogen (secondary N) is 2. The summed E-state index contributed by atoms with van der Waals surface area (Å²) in [6.45, 7) is 4.65. The molecule has 0 radical (unpaired) electrons. The second kappa shape index (κ2) is 5.58. The molecule has 1 aliphatic rings. The first-order valence-corrected chi connectivity index (χ1v) is 6.99. The van der Waals surface area contributed by atoms with Gasteiger partial charge < -0.3 is 9.97 Å². The average Bonchev–Trinajstić information content (AvgIpc) is 2.91. The van der Waals surface area contributed by atoms with E-state index in [1.807, 2.05) is 13.1 Å². The molecule has 1 fully saturated rings. The van der Waals surface area contributed by atoms with Crippen molar-refractivity contribution in [2.24, 2.45) is 0 Å². The van der Waals surface area contributed by atoms with Crippen LogP contribution in [0.2, 0.25) is 0 Å². The van der Waals surface area contributed by atoms with Crippen LogP contribution in [0.5, 0.6) is 0 Å². The Hall–Kier alpha value is -1.95. The summed E-state index contributed by atoms with van der Waals surface area (Å²) in [6, 6.07) is 1.63. The molecule has 1 atom stereocenters. The zero-order valence-electron chi connectivity index (χ0n) is 11.6. The highest BCUT2D eigenvalue weighted by atomic mass is 16.1. The van der Waals surface area contributed by atoms with Crippen molar-refractivity contribution in [2.45, 2.75) is 32.2 Å². The monoisotopic (exact) mass is 273 g/mol. The number of nitrogens with zero attached hydrogens (tertiary/aromatic N) is 3. The summed E-state index contributed by atoms with van der Waals surface area (Å²) in [5, 5.41) is 0. The van der Waals surface area contributed by atoms with Crippen LogP contribution in [0, 0.1) is 6.92 Å². The summed E-state index contributed by atoms with van der Waals surface area (Å²) < 4.78 is 0. The molecule has 3 heterocycles. The van der Waals surface area contributed by atoms with Gasteiger partial charge in [0.05, 0.1) is 12.2 Å². The molecule has 3 rings (SSSR count). The lowest BCUT2D eigenvalue weighted by atomic mass is 9.94. The third-order valence-electron chi connectivity index (χ3n) is 3.73. The SMILES string of the molecule is Cc1nc(C2CCCN(Cc3ncc[nH]3)C2)cc(=O)[nH]1. The smallest absolute Gasteiger partial charge is 0.251 e. The largest absolute Gasteiger partial charge is 0.348 e. The predicted molar refractivity (Wildman–Crippen MR) is 75.4 cm³/mol. The van der Waals surface area contributed by atoms with Gasteiger partial charge in [0.1, 0.15) is 11.6 Å². The molecule has 1 saturated heterocycles. The third kappa shape index (κ3) is 2.96. The summed E-state index contributed by atoms with van der Waals surface area (Å²) in [5.41, 5.74) is 0.853. The van der Waals surface area contributed by atoms with Gasteiger partial charge in [0.15, 0.2) is 0 Å². The highest BCUT2D eigenvalue weighted by molar-refractivity contribution is 5.10. The van der Waals surface area contributed by atoms with E-state index in [4.69, 9.17) is 0 Å². The maximum absolute atomic E-state index is 11.6. The van der Waals surface area contributed by atoms with Crippen molar-refractivity contribution in [2.75, 3.05) is 13.1 Å². The molecular weight excluding hydrogens is 254 g/mol. The Bertz CT molecular complexity index is 619. The van der Waals surface area contributed by atoms with Gasteiger partial charge in [-0.25, -0.2) is 9.97 Å². The number of hydrogen-bond donors (Lipinski definition) is 2. The van der Waals surface area contributed by atoms with Crippen molar-refractivity contribution < 1.29 is 0 Å². The minimum Gasteiger partial charge on any atom is -0.348 e. The minimum absolute atomic E-state index is 0.0596. The lowest BCUT2D eigenvalue weighted by molar-refractivity contribution is 0.194. The molecule has 6 heteroatoms. The molecule has 0 aromatic carbocycles. The molecule has 2 N–H and O–H groups in total. The molecular formula is C14H19N5O. The zero-order valence-corrected chi connectivity index (χ0v) is 11.6. The highest BCUT2D eigenvalue weighted by Crippen LogP contribution is 2.25. The van der Waals surface area contributed by atoms with E-state index in [2.05, 4.69) is 24.8 Å². The van der Waals surface area contributed by atoms with Crippen LogP contribution in [0.3, 0.4) is 0 Å². The van der Waals surface area contributed by atoms with E-state index < -0.39 is 0 Å². The quantitative estimate of drug-likeness (QED) is 0.880. The van der Waals surface area contributed by atoms with Crippen LogP contribution in [0.1, 0.15) is 36.1 Å². The third-order valence-corrected chi connectivity index (χ3v) is 3.73. The minimum atomic E-state index is -0.0596. The fourth-order valence-electron chi connectivity index (χ4n) is 2.85. The van der Waals surface area contributed by atoms with Gasteiger partial charge in [-0.15, -0.1) is 0 Å². The number of aromatic amines is 2. The number of hydrogen-bond acceptors (Lipinski definition) is 4. The summed E-state index contributed by atoms with van der Waals surface area (Å²) in [7, 11) is 0. The van der Waals surface area contributed by atoms with Gasteiger partial charge >= 0.3 is 0 Å². The Morgan fingerprint density at radius 1 is 1.50 bits per heavy atom. The Kier molecular flexibility index (Phi) is 3.64. The molecule has 20 heavy (non-hydrogen) atoms. The topological polar surface area (TPSA) is 77.7 Å². The molecule has 1 unspecified atom stereocenters. The molecule has 2 aromatic rings. The first kappa shape index (κ1) is 13.1. The van der Waals surface area contributed by atoms with E-state index in [9.17, 15) is 4.79 Å². The normalized spacial score (nSPS) is 20.1. The van der Waals surface area contributed by atoms with E-state index in [1.54, 1.807) is 12.3 Å². The van der Waals surface area contributed by atoms with E-state index in [1.165, 1.54) is 0 Å². The lowest BCUT2D eigenvalue weighted by Crippen LogP contribution is -2.35. The number of H-pyrrole nitrogens is 2. The van der Waals surface area contributed by atoms with Crippen molar-refractivity contribution >= 4 is 0 Å². The molecule has 106 valence electrons. The van der Waals surface area contributed by atoms with Crippen LogP contribution in [0.4, 0.5) is 0 Å². The molecule has 0 amide bonds. The van der Waals surface area contributed by atoms with Crippen molar-refractivity contribution in [3.8, 4) is 0 Å². The number of piperidine rings is 1. The molecule has 0 spiro atoms. The molecule has 0 saturated carbocycles. The molecule has 2 aromatic heterocycles. The second-order valence-electron chi connectivity index (χ2n) is 5.37. The van der Waals surface area contributed by atoms with Crippen molar-refractivity contribution in [3.63, 3.8) is 0 Å². The Labute approximate surface area is 117 Å². The van der Waals surface area contributed by atoms with Crippen LogP contribution >= 0.6 is 0 Å². The molecule has 0 aliphatic carbocycles. The van der Waals surface area contributed by atoms with Crippen molar-refractivity contribution in [1.29, 1.82) is 0 Å². The van der Waals surface area contributed by atoms with E-state index >= 15 is 0 Å². The summed E-state index contributed by atoms with van der Waals surface area (Å²) in [6.07, 6.45) is 5.83. The van der Waals surface area contributed by atoms with Gasteiger partial charge in [0.2, 0.25) is 0 Å². The number of imidazole rings is 1. The summed E-state index contributed by atoms with van der Waals surface area (Å²) in [4.78, 5) is 28.5. The first-order valence-electron chi connectivity index (χ1n) is 6.99. The molecule has 1 aliphatic heterocycles. The van der Waals surface area contributed by atoms with E-state index in [0.29, 0.717) is 11.7 Å². The maximum atomic E-state index is 11.6. The van der Waals surface area contributed by atoms with Crippen LogP contribution in [-0.4, -0.2) is 37.9 Å². The standard InChI is InChI=1S/C14H19N5O/c1-10-17-12(7-14(20)18-10)11-3-2-6-19(8-11)9-13-15-4-5-16-13/h4-5,7,11H,2-3,6,8-9H2,1H3,(H,15,16)(H,17,18,20). The van der Waals surface area contributed by atoms with Crippen molar-refractivity contribution in [1.82, 2.24) is 24.8 Å². The van der Waals surface area contributed by atoms with E-state index in [0.717, 1.165) is 44.0 Å². The second-order valence-corrected chi connectivity index (χ2v) is 5.37. The summed E-state index contributed by atoms with van der Waals surface area (Å²) >= 11 is 0. The fourth-order valence-corrected chi connectivity index (χ4v) is 2.85. The fraction of sp³-hybridized carbons (Fsp3) is 0.500. The van der Waals surface area contributed by atoms with Gasteiger partial charge in [0.25, 0.3) is 5.56 Å². The number of aromatic nitrogens is 4. The number of likely N-dealkylation sites (tertiary alicyclic amines) is 1. The molecule has 0 bridgehead atoms. The van der Waals surface area contributed by atoms with E-state index in [-0.39, 0.29) is 5.56 Å². The first-order chi connectivity index (χ1) is 9.70. The van der Waals surface area contributed by atoms with Gasteiger partial charge in [-0.05, 0) is 26.3 Å².